The van der Waals surface area contributed by atoms with Crippen LogP contribution in [0.15, 0.2) is 72.0 Å². The van der Waals surface area contributed by atoms with Crippen molar-refractivity contribution in [1.82, 2.24) is 10.4 Å². The second kappa shape index (κ2) is 7.03. The number of hydrazone groups is 1. The van der Waals surface area contributed by atoms with Crippen molar-refractivity contribution in [3.8, 4) is 11.1 Å². The van der Waals surface area contributed by atoms with Gasteiger partial charge in [-0.15, -0.1) is 0 Å². The van der Waals surface area contributed by atoms with Gasteiger partial charge in [0.05, 0.1) is 11.3 Å². The molecule has 3 nitrogen and oxygen atoms in total. The van der Waals surface area contributed by atoms with E-state index in [1.165, 1.54) is 17.7 Å². The number of nitrogens with one attached hydrogen (secondary N) is 1. The smallest absolute Gasteiger partial charge is 0.304 e. The molecule has 148 valence electrons. The predicted molar refractivity (Wildman–Crippen MR) is 108 cm³/mol. The molecule has 6 heteroatoms. The second-order valence-electron chi connectivity index (χ2n) is 7.76. The van der Waals surface area contributed by atoms with Crippen LogP contribution in [-0.4, -0.2) is 16.2 Å². The third-order valence-electron chi connectivity index (χ3n) is 4.92. The number of hydrogen-bond acceptors (Lipinski definition) is 3. The molecule has 0 atom stereocenters. The van der Waals surface area contributed by atoms with Crippen LogP contribution in [0.2, 0.25) is 0 Å². The van der Waals surface area contributed by atoms with Gasteiger partial charge >= 0.3 is 6.18 Å². The molecule has 1 aliphatic heterocycles. The largest absolute Gasteiger partial charge is 0.433 e. The normalized spacial score (nSPS) is 15.7. The number of rotatable bonds is 2. The van der Waals surface area contributed by atoms with Crippen LogP contribution < -0.4 is 5.43 Å². The molecule has 1 aromatic heterocycles. The Morgan fingerprint density at radius 1 is 0.862 bits per heavy atom. The lowest BCUT2D eigenvalue weighted by Crippen LogP contribution is -2.37. The molecule has 0 radical (unpaired) electrons. The maximum atomic E-state index is 13.3. The minimum absolute atomic E-state index is 0.0639. The number of hydrogen-bond donors (Lipinski definition) is 1. The fourth-order valence-corrected chi connectivity index (χ4v) is 3.58. The van der Waals surface area contributed by atoms with Crippen LogP contribution in [0.3, 0.4) is 0 Å². The Hall–Kier alpha value is -3.15. The molecule has 1 N–H and O–H groups in total. The first-order valence-corrected chi connectivity index (χ1v) is 9.31. The first kappa shape index (κ1) is 19.2. The van der Waals surface area contributed by atoms with Crippen molar-refractivity contribution in [2.24, 2.45) is 5.10 Å². The summed E-state index contributed by atoms with van der Waals surface area (Å²) in [6.07, 6.45) is -2.53. The van der Waals surface area contributed by atoms with Gasteiger partial charge in [0.2, 0.25) is 0 Å². The lowest BCUT2D eigenvalue weighted by molar-refractivity contribution is -0.140. The van der Waals surface area contributed by atoms with E-state index in [-0.39, 0.29) is 11.1 Å². The summed E-state index contributed by atoms with van der Waals surface area (Å²) in [6.45, 7) is 4.17. The van der Waals surface area contributed by atoms with Gasteiger partial charge in [0.25, 0.3) is 0 Å². The van der Waals surface area contributed by atoms with Crippen LogP contribution in [0, 0.1) is 0 Å². The van der Waals surface area contributed by atoms with E-state index >= 15 is 0 Å². The van der Waals surface area contributed by atoms with Crippen molar-refractivity contribution in [3.63, 3.8) is 0 Å². The number of nitrogens with zero attached hydrogens (tertiary/aromatic N) is 2. The van der Waals surface area contributed by atoms with Gasteiger partial charge in [0.1, 0.15) is 0 Å². The summed E-state index contributed by atoms with van der Waals surface area (Å²) in [7, 11) is 0. The lowest BCUT2D eigenvalue weighted by atomic mass is 9.90. The van der Waals surface area contributed by atoms with E-state index in [9.17, 15) is 13.2 Å². The van der Waals surface area contributed by atoms with Gasteiger partial charge in [-0.25, -0.2) is 0 Å². The molecule has 0 unspecified atom stereocenters. The van der Waals surface area contributed by atoms with Crippen molar-refractivity contribution in [2.75, 3.05) is 0 Å². The molecular formula is C23H20F3N3. The summed E-state index contributed by atoms with van der Waals surface area (Å²) in [6, 6.07) is 18.0. The number of benzene rings is 2. The predicted octanol–water partition coefficient (Wildman–Crippen LogP) is 5.44. The van der Waals surface area contributed by atoms with E-state index in [1.54, 1.807) is 24.3 Å². The highest BCUT2D eigenvalue weighted by molar-refractivity contribution is 6.14. The number of fused-ring (bicyclic) bond motifs is 1. The highest BCUT2D eigenvalue weighted by Crippen LogP contribution is 2.35. The number of halogens is 3. The third-order valence-corrected chi connectivity index (χ3v) is 4.92. The Morgan fingerprint density at radius 3 is 2.24 bits per heavy atom. The molecule has 2 aromatic carbocycles. The van der Waals surface area contributed by atoms with Crippen molar-refractivity contribution in [1.29, 1.82) is 0 Å². The summed E-state index contributed by atoms with van der Waals surface area (Å²) < 4.78 is 39.9. The van der Waals surface area contributed by atoms with E-state index in [4.69, 9.17) is 0 Å². The standard InChI is InChI=1S/C23H20F3N3/c1-22(2)14-17-6-3-4-7-18(17)20(28-29-22)16-11-9-15(10-12-16)19-8-5-13-27-21(19)23(24,25)26/h3-13,29H,14H2,1-2H3. The van der Waals surface area contributed by atoms with Gasteiger partial charge in [-0.05, 0) is 37.5 Å². The van der Waals surface area contributed by atoms with E-state index in [0.717, 1.165) is 29.5 Å². The fourth-order valence-electron chi connectivity index (χ4n) is 3.58. The Kier molecular flexibility index (Phi) is 4.65. The van der Waals surface area contributed by atoms with E-state index in [1.807, 2.05) is 18.2 Å². The second-order valence-corrected chi connectivity index (χ2v) is 7.76. The van der Waals surface area contributed by atoms with Crippen molar-refractivity contribution >= 4 is 5.71 Å². The third kappa shape index (κ3) is 3.88. The first-order valence-electron chi connectivity index (χ1n) is 9.31. The number of alkyl halides is 3. The van der Waals surface area contributed by atoms with Crippen LogP contribution in [0.1, 0.15) is 36.2 Å². The SMILES string of the molecule is CC1(C)Cc2ccccc2C(c2ccc(-c3cccnc3C(F)(F)F)cc2)=NN1. The monoisotopic (exact) mass is 395 g/mol. The molecule has 0 saturated carbocycles. The van der Waals surface area contributed by atoms with Crippen LogP contribution >= 0.6 is 0 Å². The van der Waals surface area contributed by atoms with Gasteiger partial charge in [-0.3, -0.25) is 4.98 Å². The topological polar surface area (TPSA) is 37.3 Å². The molecule has 0 saturated heterocycles. The summed E-state index contributed by atoms with van der Waals surface area (Å²) in [5, 5.41) is 4.62. The fraction of sp³-hybridized carbons (Fsp3) is 0.217. The average molecular weight is 395 g/mol. The zero-order valence-corrected chi connectivity index (χ0v) is 16.1. The quantitative estimate of drug-likeness (QED) is 0.627. The molecule has 0 amide bonds. The van der Waals surface area contributed by atoms with Crippen LogP contribution in [0.5, 0.6) is 0 Å². The molecule has 0 aliphatic carbocycles. The minimum Gasteiger partial charge on any atom is -0.304 e. The molecule has 0 fully saturated rings. The van der Waals surface area contributed by atoms with Crippen molar-refractivity contribution in [3.05, 3.63) is 89.2 Å². The van der Waals surface area contributed by atoms with Gasteiger partial charge < -0.3 is 5.43 Å². The van der Waals surface area contributed by atoms with Gasteiger partial charge in [0.15, 0.2) is 5.69 Å². The first-order chi connectivity index (χ1) is 13.7. The molecule has 29 heavy (non-hydrogen) atoms. The number of pyridine rings is 1. The minimum atomic E-state index is -4.50. The zero-order valence-electron chi connectivity index (χ0n) is 16.1. The van der Waals surface area contributed by atoms with Crippen LogP contribution in [0.4, 0.5) is 13.2 Å². The van der Waals surface area contributed by atoms with Gasteiger partial charge in [-0.2, -0.15) is 18.3 Å². The maximum Gasteiger partial charge on any atom is 0.433 e. The van der Waals surface area contributed by atoms with Crippen molar-refractivity contribution < 1.29 is 13.2 Å². The molecular weight excluding hydrogens is 375 g/mol. The summed E-state index contributed by atoms with van der Waals surface area (Å²) in [5.41, 5.74) is 6.48. The molecule has 3 aromatic rings. The molecule has 0 bridgehead atoms. The highest BCUT2D eigenvalue weighted by Gasteiger charge is 2.35. The Balaban J connectivity index is 1.76. The summed E-state index contributed by atoms with van der Waals surface area (Å²) in [5.74, 6) is 0. The van der Waals surface area contributed by atoms with Crippen LogP contribution in [-0.2, 0) is 12.6 Å². The Labute approximate surface area is 167 Å². The average Bonchev–Trinajstić information content (AvgIpc) is 2.82. The number of aromatic nitrogens is 1. The molecule has 0 spiro atoms. The maximum absolute atomic E-state index is 13.3. The summed E-state index contributed by atoms with van der Waals surface area (Å²) in [4.78, 5) is 3.54. The Bertz CT molecular complexity index is 1070. The lowest BCUT2D eigenvalue weighted by Gasteiger charge is -2.22. The highest BCUT2D eigenvalue weighted by atomic mass is 19.4. The van der Waals surface area contributed by atoms with Gasteiger partial charge in [0, 0.05) is 22.9 Å². The van der Waals surface area contributed by atoms with E-state index in [2.05, 4.69) is 35.4 Å². The van der Waals surface area contributed by atoms with Gasteiger partial charge in [-0.1, -0.05) is 54.6 Å². The molecule has 1 aliphatic rings. The molecule has 4 rings (SSSR count). The van der Waals surface area contributed by atoms with E-state index in [0.29, 0.717) is 5.56 Å². The Morgan fingerprint density at radius 2 is 1.52 bits per heavy atom. The molecule has 2 heterocycles. The zero-order chi connectivity index (χ0) is 20.6. The summed E-state index contributed by atoms with van der Waals surface area (Å²) >= 11 is 0. The van der Waals surface area contributed by atoms with E-state index < -0.39 is 11.9 Å². The van der Waals surface area contributed by atoms with Crippen LogP contribution in [0.25, 0.3) is 11.1 Å². The van der Waals surface area contributed by atoms with Crippen molar-refractivity contribution in [2.45, 2.75) is 32.0 Å².